The Morgan fingerprint density at radius 1 is 1.21 bits per heavy atom. The Morgan fingerprint density at radius 3 is 2.67 bits per heavy atom. The molecule has 1 saturated carbocycles. The average molecular weight is 465 g/mol. The van der Waals surface area contributed by atoms with E-state index in [1.54, 1.807) is 17.6 Å². The molecular weight excluding hydrogens is 440 g/mol. The molecule has 1 saturated heterocycles. The standard InChI is InChI=1S/C22H24N8O2S/c1-12-9-17(29-28-12)26-22-27-19(10-18-25-16(11-30(18)22)21(32)23-2)33-15-7-5-14(6-8-15)24-20(31)13-3-4-13/h5-8,10-13,28H,3-4,9H2,1-2H3,(H,23,32)(H,24,31)(H,26,27,29). The predicted octanol–water partition coefficient (Wildman–Crippen LogP) is 2.50. The fraction of sp³-hybridized carbons (Fsp3) is 0.318. The Balaban J connectivity index is 1.43. The molecule has 0 spiro atoms. The molecule has 0 bridgehead atoms. The fourth-order valence-electron chi connectivity index (χ4n) is 3.43. The summed E-state index contributed by atoms with van der Waals surface area (Å²) < 4.78 is 1.71. The molecule has 1 aliphatic carbocycles. The van der Waals surface area contributed by atoms with Crippen LogP contribution in [0.15, 0.2) is 51.4 Å². The van der Waals surface area contributed by atoms with Crippen molar-refractivity contribution in [3.63, 3.8) is 0 Å². The lowest BCUT2D eigenvalue weighted by Gasteiger charge is -2.07. The molecule has 33 heavy (non-hydrogen) atoms. The number of hydrogen-bond acceptors (Lipinski definition) is 7. The van der Waals surface area contributed by atoms with E-state index in [2.05, 4.69) is 38.4 Å². The van der Waals surface area contributed by atoms with Crippen molar-refractivity contribution < 1.29 is 9.59 Å². The Bertz CT molecular complexity index is 1250. The van der Waals surface area contributed by atoms with Crippen LogP contribution in [0.1, 0.15) is 36.7 Å². The Kier molecular flexibility index (Phi) is 5.73. The van der Waals surface area contributed by atoms with Crippen molar-refractivity contribution in [3.8, 4) is 0 Å². The van der Waals surface area contributed by atoms with Gasteiger partial charge in [0, 0.05) is 48.3 Å². The number of rotatable bonds is 6. The topological polar surface area (TPSA) is 125 Å². The van der Waals surface area contributed by atoms with Gasteiger partial charge >= 0.3 is 0 Å². The maximum absolute atomic E-state index is 12.1. The summed E-state index contributed by atoms with van der Waals surface area (Å²) in [5.41, 5.74) is 7.85. The molecule has 2 fully saturated rings. The average Bonchev–Trinajstić information content (AvgIpc) is 3.45. The van der Waals surface area contributed by atoms with Gasteiger partial charge in [0.1, 0.15) is 22.2 Å². The van der Waals surface area contributed by atoms with E-state index in [9.17, 15) is 9.59 Å². The van der Waals surface area contributed by atoms with Gasteiger partial charge in [0.2, 0.25) is 11.9 Å². The van der Waals surface area contributed by atoms with Crippen LogP contribution in [0.25, 0.3) is 5.65 Å². The number of hydrazine groups is 1. The van der Waals surface area contributed by atoms with Crippen LogP contribution >= 0.6 is 11.8 Å². The highest BCUT2D eigenvalue weighted by Gasteiger charge is 2.29. The third-order valence-electron chi connectivity index (χ3n) is 5.36. The molecule has 2 aromatic heterocycles. The SMILES string of the molecule is CNC(=O)c1cn2c(/N=C3\CC(C)NN3)nc(Sc3ccc(NC(=O)C4CC4)cc3)cc2n1. The third kappa shape index (κ3) is 4.83. The molecule has 3 aromatic rings. The van der Waals surface area contributed by atoms with E-state index in [-0.39, 0.29) is 23.8 Å². The Morgan fingerprint density at radius 2 is 2.00 bits per heavy atom. The van der Waals surface area contributed by atoms with Crippen molar-refractivity contribution >= 4 is 46.7 Å². The third-order valence-corrected chi connectivity index (χ3v) is 6.29. The summed E-state index contributed by atoms with van der Waals surface area (Å²) >= 11 is 1.46. The van der Waals surface area contributed by atoms with Crippen molar-refractivity contribution in [1.82, 2.24) is 30.5 Å². The lowest BCUT2D eigenvalue weighted by molar-refractivity contribution is -0.117. The molecule has 2 aliphatic rings. The van der Waals surface area contributed by atoms with Crippen molar-refractivity contribution in [2.45, 2.75) is 42.1 Å². The summed E-state index contributed by atoms with van der Waals surface area (Å²) in [5, 5.41) is 6.24. The number of amides is 2. The summed E-state index contributed by atoms with van der Waals surface area (Å²) in [6.07, 6.45) is 4.32. The van der Waals surface area contributed by atoms with Gasteiger partial charge < -0.3 is 16.1 Å². The highest BCUT2D eigenvalue weighted by molar-refractivity contribution is 7.99. The highest BCUT2D eigenvalue weighted by atomic mass is 32.2. The van der Waals surface area contributed by atoms with E-state index < -0.39 is 0 Å². The van der Waals surface area contributed by atoms with E-state index in [0.29, 0.717) is 22.3 Å². The van der Waals surface area contributed by atoms with Gasteiger partial charge in [0.05, 0.1) is 0 Å². The predicted molar refractivity (Wildman–Crippen MR) is 126 cm³/mol. The highest BCUT2D eigenvalue weighted by Crippen LogP contribution is 2.32. The fourth-order valence-corrected chi connectivity index (χ4v) is 4.24. The summed E-state index contributed by atoms with van der Waals surface area (Å²) in [7, 11) is 1.57. The van der Waals surface area contributed by atoms with E-state index in [1.165, 1.54) is 11.8 Å². The maximum Gasteiger partial charge on any atom is 0.271 e. The van der Waals surface area contributed by atoms with Crippen LogP contribution < -0.4 is 21.5 Å². The summed E-state index contributed by atoms with van der Waals surface area (Å²) in [6.45, 7) is 2.06. The molecule has 1 atom stereocenters. The van der Waals surface area contributed by atoms with Crippen LogP contribution in [0.3, 0.4) is 0 Å². The molecule has 11 heteroatoms. The minimum atomic E-state index is -0.274. The van der Waals surface area contributed by atoms with Gasteiger partial charge in [-0.25, -0.2) is 15.4 Å². The Labute approximate surface area is 194 Å². The zero-order valence-corrected chi connectivity index (χ0v) is 19.1. The molecule has 0 radical (unpaired) electrons. The van der Waals surface area contributed by atoms with Gasteiger partial charge in [-0.1, -0.05) is 11.8 Å². The van der Waals surface area contributed by atoms with Gasteiger partial charge in [-0.3, -0.25) is 14.0 Å². The number of carbonyl (C=O) groups excluding carboxylic acids is 2. The second-order valence-electron chi connectivity index (χ2n) is 8.15. The molecule has 3 heterocycles. The molecular formula is C22H24N8O2S. The maximum atomic E-state index is 12.1. The van der Waals surface area contributed by atoms with Crippen LogP contribution in [0, 0.1) is 5.92 Å². The number of aromatic nitrogens is 3. The second-order valence-corrected chi connectivity index (χ2v) is 9.24. The zero-order chi connectivity index (χ0) is 22.9. The van der Waals surface area contributed by atoms with Crippen LogP contribution in [0.4, 0.5) is 11.6 Å². The first-order valence-electron chi connectivity index (χ1n) is 10.8. The molecule has 5 rings (SSSR count). The quantitative estimate of drug-likeness (QED) is 0.413. The normalized spacial score (nSPS) is 19.0. The van der Waals surface area contributed by atoms with Crippen molar-refractivity contribution in [2.75, 3.05) is 12.4 Å². The lowest BCUT2D eigenvalue weighted by atomic mass is 10.3. The van der Waals surface area contributed by atoms with Crippen LogP contribution in [0.2, 0.25) is 0 Å². The second kappa shape index (κ2) is 8.83. The van der Waals surface area contributed by atoms with E-state index in [0.717, 1.165) is 35.7 Å². The van der Waals surface area contributed by atoms with E-state index in [1.807, 2.05) is 30.3 Å². The number of anilines is 1. The zero-order valence-electron chi connectivity index (χ0n) is 18.3. The van der Waals surface area contributed by atoms with Crippen LogP contribution in [-0.2, 0) is 4.79 Å². The molecule has 10 nitrogen and oxygen atoms in total. The molecule has 1 unspecified atom stereocenters. The Hall–Kier alpha value is -3.44. The number of imidazole rings is 1. The van der Waals surface area contributed by atoms with E-state index in [4.69, 9.17) is 4.98 Å². The summed E-state index contributed by atoms with van der Waals surface area (Å²) in [6, 6.07) is 9.74. The van der Waals surface area contributed by atoms with Gasteiger partial charge in [-0.15, -0.1) is 0 Å². The minimum Gasteiger partial charge on any atom is -0.354 e. The first-order valence-corrected chi connectivity index (χ1v) is 11.6. The first kappa shape index (κ1) is 21.4. The molecule has 170 valence electrons. The summed E-state index contributed by atoms with van der Waals surface area (Å²) in [4.78, 5) is 38.9. The largest absolute Gasteiger partial charge is 0.354 e. The van der Waals surface area contributed by atoms with Gasteiger partial charge in [0.15, 0.2) is 0 Å². The number of amidine groups is 1. The van der Waals surface area contributed by atoms with Gasteiger partial charge in [-0.05, 0) is 44.0 Å². The van der Waals surface area contributed by atoms with Crippen LogP contribution in [-0.4, -0.2) is 45.1 Å². The number of carbonyl (C=O) groups is 2. The van der Waals surface area contributed by atoms with Crippen molar-refractivity contribution in [1.29, 1.82) is 0 Å². The number of hydrogen-bond donors (Lipinski definition) is 4. The number of aliphatic imine (C=N–C) groups is 1. The smallest absolute Gasteiger partial charge is 0.271 e. The lowest BCUT2D eigenvalue weighted by Crippen LogP contribution is -2.29. The number of benzene rings is 1. The molecule has 1 aliphatic heterocycles. The number of nitrogens with zero attached hydrogens (tertiary/aromatic N) is 4. The monoisotopic (exact) mass is 464 g/mol. The number of fused-ring (bicyclic) bond motifs is 1. The molecule has 2 amide bonds. The molecule has 4 N–H and O–H groups in total. The summed E-state index contributed by atoms with van der Waals surface area (Å²) in [5.74, 6) is 1.18. The van der Waals surface area contributed by atoms with Gasteiger partial charge in [-0.2, -0.15) is 4.99 Å². The number of nitrogens with one attached hydrogen (secondary N) is 4. The van der Waals surface area contributed by atoms with Crippen molar-refractivity contribution in [2.24, 2.45) is 10.9 Å². The minimum absolute atomic E-state index is 0.0850. The van der Waals surface area contributed by atoms with Crippen molar-refractivity contribution in [3.05, 3.63) is 42.2 Å². The molecule has 1 aromatic carbocycles. The van der Waals surface area contributed by atoms with Crippen LogP contribution in [0.5, 0.6) is 0 Å². The first-order chi connectivity index (χ1) is 16.0. The van der Waals surface area contributed by atoms with E-state index >= 15 is 0 Å². The van der Waals surface area contributed by atoms with Gasteiger partial charge in [0.25, 0.3) is 5.91 Å².